The Kier molecular flexibility index (Phi) is 5.50. The molecule has 0 aliphatic rings. The Balaban J connectivity index is 0.00000144. The van der Waals surface area contributed by atoms with Crippen molar-refractivity contribution >= 4 is 11.8 Å². The van der Waals surface area contributed by atoms with Crippen molar-refractivity contribution in [2.75, 3.05) is 0 Å². The van der Waals surface area contributed by atoms with E-state index >= 15 is 0 Å². The molecule has 0 aromatic carbocycles. The van der Waals surface area contributed by atoms with Crippen LogP contribution in [0.5, 0.6) is 0 Å². The number of hydrogen-bond donors (Lipinski definition) is 0. The van der Waals surface area contributed by atoms with Gasteiger partial charge in [0.15, 0.2) is 5.78 Å². The third kappa shape index (κ3) is 3.24. The standard InChI is InChI=1S/C7H6N2O3.K/c1-4(10)5-2-8-3-9-6(5)7(11)12;/h2-3H,1H3,(H,11,12);/q;+1/p-1. The quantitative estimate of drug-likeness (QED) is 0.362. The molecule has 1 heterocycles. The molecule has 0 atom stereocenters. The molecule has 5 nitrogen and oxygen atoms in total. The zero-order valence-electron chi connectivity index (χ0n) is 7.27. The van der Waals surface area contributed by atoms with E-state index in [2.05, 4.69) is 9.97 Å². The number of hydrogen-bond acceptors (Lipinski definition) is 5. The summed E-state index contributed by atoms with van der Waals surface area (Å²) < 4.78 is 0. The van der Waals surface area contributed by atoms with Crippen molar-refractivity contribution in [2.45, 2.75) is 6.92 Å². The first-order chi connectivity index (χ1) is 5.63. The van der Waals surface area contributed by atoms with Gasteiger partial charge in [-0.15, -0.1) is 0 Å². The SMILES string of the molecule is CC(=O)c1cncnc1C(=O)[O-].[K+]. The molecule has 1 aromatic rings. The molecule has 62 valence electrons. The van der Waals surface area contributed by atoms with Gasteiger partial charge >= 0.3 is 51.4 Å². The van der Waals surface area contributed by atoms with Crippen molar-refractivity contribution in [1.29, 1.82) is 0 Å². The van der Waals surface area contributed by atoms with Gasteiger partial charge in [0, 0.05) is 6.20 Å². The Labute approximate surface area is 117 Å². The van der Waals surface area contributed by atoms with Gasteiger partial charge in [-0.25, -0.2) is 9.97 Å². The first kappa shape index (κ1) is 12.9. The number of aromatic nitrogens is 2. The van der Waals surface area contributed by atoms with Gasteiger partial charge in [0.25, 0.3) is 0 Å². The van der Waals surface area contributed by atoms with Crippen LogP contribution in [-0.2, 0) is 0 Å². The van der Waals surface area contributed by atoms with E-state index in [1.807, 2.05) is 0 Å². The maximum Gasteiger partial charge on any atom is 1.00 e. The number of nitrogens with zero attached hydrogens (tertiary/aromatic N) is 2. The fraction of sp³-hybridized carbons (Fsp3) is 0.143. The monoisotopic (exact) mass is 204 g/mol. The molecule has 0 radical (unpaired) electrons. The molecule has 0 saturated heterocycles. The summed E-state index contributed by atoms with van der Waals surface area (Å²) in [5.41, 5.74) is -0.394. The molecule has 13 heavy (non-hydrogen) atoms. The molecule has 0 amide bonds. The van der Waals surface area contributed by atoms with Crippen LogP contribution in [0.2, 0.25) is 0 Å². The van der Waals surface area contributed by atoms with E-state index in [1.165, 1.54) is 6.92 Å². The van der Waals surface area contributed by atoms with Crippen LogP contribution in [0.4, 0.5) is 0 Å². The minimum atomic E-state index is -1.47. The van der Waals surface area contributed by atoms with Gasteiger partial charge in [-0.05, 0) is 6.92 Å². The van der Waals surface area contributed by atoms with Crippen LogP contribution in [0.3, 0.4) is 0 Å². The predicted octanol–water partition coefficient (Wildman–Crippen LogP) is -3.95. The van der Waals surface area contributed by atoms with Crippen molar-refractivity contribution in [1.82, 2.24) is 9.97 Å². The fourth-order valence-electron chi connectivity index (χ4n) is 0.750. The molecule has 6 heteroatoms. The average Bonchev–Trinajstić information content (AvgIpc) is 2.04. The summed E-state index contributed by atoms with van der Waals surface area (Å²) >= 11 is 0. The van der Waals surface area contributed by atoms with Crippen LogP contribution in [0.15, 0.2) is 12.5 Å². The third-order valence-electron chi connectivity index (χ3n) is 1.28. The minimum Gasteiger partial charge on any atom is -0.543 e. The minimum absolute atomic E-state index is 0. The molecule has 1 rings (SSSR count). The van der Waals surface area contributed by atoms with E-state index in [0.717, 1.165) is 12.5 Å². The number of ketones is 1. The van der Waals surface area contributed by atoms with Crippen molar-refractivity contribution in [3.63, 3.8) is 0 Å². The molecule has 1 aromatic heterocycles. The van der Waals surface area contributed by atoms with Gasteiger partial charge in [0.1, 0.15) is 6.33 Å². The van der Waals surface area contributed by atoms with E-state index in [4.69, 9.17) is 0 Å². The number of carbonyl (C=O) groups excluding carboxylic acids is 2. The van der Waals surface area contributed by atoms with E-state index in [1.54, 1.807) is 0 Å². The second-order valence-electron chi connectivity index (χ2n) is 2.13. The summed E-state index contributed by atoms with van der Waals surface area (Å²) in [6, 6.07) is 0. The smallest absolute Gasteiger partial charge is 0.543 e. The molecule has 0 bridgehead atoms. The van der Waals surface area contributed by atoms with Crippen LogP contribution in [-0.4, -0.2) is 21.7 Å². The first-order valence-corrected chi connectivity index (χ1v) is 3.15. The van der Waals surface area contributed by atoms with Crippen LogP contribution in [0, 0.1) is 0 Å². The molecule has 0 fully saturated rings. The van der Waals surface area contributed by atoms with E-state index < -0.39 is 11.8 Å². The second-order valence-corrected chi connectivity index (χ2v) is 2.13. The number of carboxylic acid groups (broad SMARTS) is 1. The summed E-state index contributed by atoms with van der Waals surface area (Å²) in [6.45, 7) is 1.24. The van der Waals surface area contributed by atoms with Crippen LogP contribution in [0.1, 0.15) is 27.8 Å². The van der Waals surface area contributed by atoms with Crippen LogP contribution >= 0.6 is 0 Å². The number of carboxylic acids is 1. The summed E-state index contributed by atoms with van der Waals surface area (Å²) in [4.78, 5) is 28.1. The number of rotatable bonds is 2. The van der Waals surface area contributed by atoms with Crippen LogP contribution < -0.4 is 56.5 Å². The van der Waals surface area contributed by atoms with Gasteiger partial charge in [-0.3, -0.25) is 4.79 Å². The van der Waals surface area contributed by atoms with E-state index in [9.17, 15) is 14.7 Å². The Morgan fingerprint density at radius 3 is 2.46 bits per heavy atom. The molecule has 0 N–H and O–H groups in total. The van der Waals surface area contributed by atoms with Gasteiger partial charge in [0.05, 0.1) is 17.2 Å². The van der Waals surface area contributed by atoms with Crippen molar-refractivity contribution < 1.29 is 66.1 Å². The van der Waals surface area contributed by atoms with Crippen LogP contribution in [0.25, 0.3) is 0 Å². The zero-order chi connectivity index (χ0) is 9.14. The molecule has 0 aliphatic carbocycles. The number of Topliss-reactive ketones (excluding diaryl/α,β-unsaturated/α-hetero) is 1. The topological polar surface area (TPSA) is 83.0 Å². The maximum absolute atomic E-state index is 10.8. The summed E-state index contributed by atoms with van der Waals surface area (Å²) in [5.74, 6) is -1.86. The summed E-state index contributed by atoms with van der Waals surface area (Å²) in [6.07, 6.45) is 2.21. The van der Waals surface area contributed by atoms with Crippen molar-refractivity contribution in [3.05, 3.63) is 23.8 Å². The van der Waals surface area contributed by atoms with Gasteiger partial charge in [0.2, 0.25) is 0 Å². The van der Waals surface area contributed by atoms with E-state index in [0.29, 0.717) is 0 Å². The molecule has 0 aliphatic heterocycles. The number of aromatic carboxylic acids is 1. The summed E-state index contributed by atoms with van der Waals surface area (Å²) in [5, 5.41) is 10.4. The summed E-state index contributed by atoms with van der Waals surface area (Å²) in [7, 11) is 0. The van der Waals surface area contributed by atoms with Crippen molar-refractivity contribution in [3.8, 4) is 0 Å². The Morgan fingerprint density at radius 2 is 2.08 bits per heavy atom. The van der Waals surface area contributed by atoms with Crippen molar-refractivity contribution in [2.24, 2.45) is 0 Å². The third-order valence-corrected chi connectivity index (χ3v) is 1.28. The Morgan fingerprint density at radius 1 is 1.46 bits per heavy atom. The molecule has 0 saturated carbocycles. The largest absolute Gasteiger partial charge is 1.00 e. The zero-order valence-corrected chi connectivity index (χ0v) is 10.4. The van der Waals surface area contributed by atoms with E-state index in [-0.39, 0.29) is 62.6 Å². The second kappa shape index (κ2) is 5.56. The molecular weight excluding hydrogens is 199 g/mol. The van der Waals surface area contributed by atoms with Gasteiger partial charge in [-0.2, -0.15) is 0 Å². The first-order valence-electron chi connectivity index (χ1n) is 3.15. The van der Waals surface area contributed by atoms with Gasteiger partial charge in [-0.1, -0.05) is 0 Å². The molecule has 0 unspecified atom stereocenters. The molecule has 0 spiro atoms. The average molecular weight is 204 g/mol. The predicted molar refractivity (Wildman–Crippen MR) is 36.4 cm³/mol. The fourth-order valence-corrected chi connectivity index (χ4v) is 0.750. The number of carbonyl (C=O) groups is 2. The Hall–Kier alpha value is -0.144. The Bertz CT molecular complexity index is 307. The van der Waals surface area contributed by atoms with Gasteiger partial charge < -0.3 is 9.90 Å². The maximum atomic E-state index is 10.8. The normalized spacial score (nSPS) is 8.69. The molecular formula is C7H5KN2O3.